The molecule has 1 aromatic carbocycles. The number of hydrogen-bond acceptors (Lipinski definition) is 4. The van der Waals surface area contributed by atoms with Gasteiger partial charge in [-0.25, -0.2) is 0 Å². The molecule has 0 bridgehead atoms. The Hall–Kier alpha value is -2.02. The van der Waals surface area contributed by atoms with Crippen molar-refractivity contribution in [2.45, 2.75) is 12.8 Å². The summed E-state index contributed by atoms with van der Waals surface area (Å²) in [6, 6.07) is 11.6. The molecule has 0 spiro atoms. The highest BCUT2D eigenvalue weighted by Gasteiger charge is 2.17. The molecule has 0 unspecified atom stereocenters. The van der Waals surface area contributed by atoms with Crippen molar-refractivity contribution in [2.75, 3.05) is 25.0 Å². The van der Waals surface area contributed by atoms with Crippen molar-refractivity contribution >= 4 is 45.6 Å². The van der Waals surface area contributed by atoms with Gasteiger partial charge in [0.25, 0.3) is 5.91 Å². The largest absolute Gasteiger partial charge is 0.491 e. The zero-order chi connectivity index (χ0) is 17.9. The first kappa shape index (κ1) is 19.7. The molecular formula is C20H24ClN3O2S. The summed E-state index contributed by atoms with van der Waals surface area (Å²) in [6.45, 7) is 2.79. The fraction of sp³-hybridized carbons (Fsp3) is 0.350. The molecule has 0 aliphatic carbocycles. The molecule has 1 aliphatic heterocycles. The minimum atomic E-state index is -0.117. The molecule has 5 nitrogen and oxygen atoms in total. The highest BCUT2D eigenvalue weighted by atomic mass is 35.5. The molecule has 1 amide bonds. The molecule has 0 atom stereocenters. The van der Waals surface area contributed by atoms with E-state index in [0.717, 1.165) is 47.6 Å². The number of thiophene rings is 1. The van der Waals surface area contributed by atoms with Crippen molar-refractivity contribution in [3.05, 3.63) is 47.5 Å². The lowest BCUT2D eigenvalue weighted by Crippen LogP contribution is -2.30. The molecule has 2 aromatic heterocycles. The van der Waals surface area contributed by atoms with Crippen molar-refractivity contribution in [3.63, 3.8) is 0 Å². The number of ether oxygens (including phenoxy) is 1. The molecule has 7 heteroatoms. The van der Waals surface area contributed by atoms with E-state index in [-0.39, 0.29) is 18.3 Å². The molecule has 0 radical (unpaired) electrons. The Kier molecular flexibility index (Phi) is 6.42. The van der Waals surface area contributed by atoms with Crippen LogP contribution in [-0.4, -0.2) is 30.2 Å². The molecule has 2 N–H and O–H groups in total. The van der Waals surface area contributed by atoms with Crippen LogP contribution in [0, 0.1) is 5.92 Å². The van der Waals surface area contributed by atoms with Crippen LogP contribution in [-0.2, 0) is 7.05 Å². The van der Waals surface area contributed by atoms with Crippen LogP contribution in [0.3, 0.4) is 0 Å². The van der Waals surface area contributed by atoms with Crippen LogP contribution in [0.5, 0.6) is 5.75 Å². The third-order valence-corrected chi connectivity index (χ3v) is 5.82. The minimum absolute atomic E-state index is 0. The number of carbonyl (C=O) groups excluding carboxylic acids is 1. The van der Waals surface area contributed by atoms with E-state index in [2.05, 4.69) is 10.6 Å². The lowest BCUT2D eigenvalue weighted by Gasteiger charge is -2.23. The molecule has 1 fully saturated rings. The van der Waals surface area contributed by atoms with Crippen LogP contribution in [0.2, 0.25) is 0 Å². The van der Waals surface area contributed by atoms with E-state index in [9.17, 15) is 4.79 Å². The zero-order valence-electron chi connectivity index (χ0n) is 15.2. The second-order valence-corrected chi connectivity index (χ2v) is 7.66. The summed E-state index contributed by atoms with van der Waals surface area (Å²) in [6.07, 6.45) is 2.27. The van der Waals surface area contributed by atoms with Crippen LogP contribution >= 0.6 is 23.7 Å². The lowest BCUT2D eigenvalue weighted by atomic mass is 9.99. The predicted molar refractivity (Wildman–Crippen MR) is 114 cm³/mol. The summed E-state index contributed by atoms with van der Waals surface area (Å²) in [4.78, 5) is 12.8. The predicted octanol–water partition coefficient (Wildman–Crippen LogP) is 4.29. The number of nitrogens with zero attached hydrogens (tertiary/aromatic N) is 1. The van der Waals surface area contributed by atoms with Gasteiger partial charge in [0.1, 0.15) is 11.4 Å². The van der Waals surface area contributed by atoms with E-state index < -0.39 is 0 Å². The molecule has 27 heavy (non-hydrogen) atoms. The van der Waals surface area contributed by atoms with E-state index in [1.807, 2.05) is 53.4 Å². The number of halogens is 1. The highest BCUT2D eigenvalue weighted by Crippen LogP contribution is 2.28. The van der Waals surface area contributed by atoms with E-state index in [4.69, 9.17) is 4.74 Å². The van der Waals surface area contributed by atoms with Gasteiger partial charge in [0, 0.05) is 7.05 Å². The number of hydrogen-bond donors (Lipinski definition) is 2. The van der Waals surface area contributed by atoms with Crippen LogP contribution in [0.25, 0.3) is 10.2 Å². The lowest BCUT2D eigenvalue weighted by molar-refractivity contribution is 0.101. The maximum Gasteiger partial charge on any atom is 0.272 e. The van der Waals surface area contributed by atoms with Gasteiger partial charge in [-0.05, 0) is 61.5 Å². The summed E-state index contributed by atoms with van der Waals surface area (Å²) in [5.41, 5.74) is 2.45. The smallest absolute Gasteiger partial charge is 0.272 e. The summed E-state index contributed by atoms with van der Waals surface area (Å²) < 4.78 is 9.09. The number of anilines is 1. The number of benzene rings is 1. The quantitative estimate of drug-likeness (QED) is 0.665. The highest BCUT2D eigenvalue weighted by molar-refractivity contribution is 7.17. The molecule has 1 saturated heterocycles. The topological polar surface area (TPSA) is 55.3 Å². The Morgan fingerprint density at radius 2 is 2.07 bits per heavy atom. The Balaban J connectivity index is 0.00000210. The number of aromatic nitrogens is 1. The number of aryl methyl sites for hydroxylation is 1. The Bertz CT molecular complexity index is 915. The van der Waals surface area contributed by atoms with E-state index in [1.165, 1.54) is 0 Å². The van der Waals surface area contributed by atoms with Gasteiger partial charge >= 0.3 is 0 Å². The maximum atomic E-state index is 12.8. The van der Waals surface area contributed by atoms with Crippen molar-refractivity contribution in [1.82, 2.24) is 9.88 Å². The van der Waals surface area contributed by atoms with Gasteiger partial charge in [0.05, 0.1) is 22.5 Å². The fourth-order valence-corrected chi connectivity index (χ4v) is 4.26. The number of para-hydroxylation sites is 2. The maximum absolute atomic E-state index is 12.8. The SMILES string of the molecule is Cl.Cn1c(C(=O)Nc2ccccc2OCC2CCNCC2)cc2sccc21. The molecule has 0 saturated carbocycles. The van der Waals surface area contributed by atoms with Crippen molar-refractivity contribution in [2.24, 2.45) is 13.0 Å². The van der Waals surface area contributed by atoms with Crippen molar-refractivity contribution < 1.29 is 9.53 Å². The number of nitrogens with one attached hydrogen (secondary N) is 2. The number of fused-ring (bicyclic) bond motifs is 1. The molecule has 3 aromatic rings. The van der Waals surface area contributed by atoms with Crippen LogP contribution in [0.1, 0.15) is 23.3 Å². The van der Waals surface area contributed by atoms with Gasteiger partial charge in [0.15, 0.2) is 0 Å². The second-order valence-electron chi connectivity index (χ2n) is 6.71. The number of piperidine rings is 1. The zero-order valence-corrected chi connectivity index (χ0v) is 16.9. The van der Waals surface area contributed by atoms with Crippen LogP contribution < -0.4 is 15.4 Å². The average Bonchev–Trinajstić information content (AvgIpc) is 3.25. The third-order valence-electron chi connectivity index (χ3n) is 4.97. The second kappa shape index (κ2) is 8.78. The minimum Gasteiger partial charge on any atom is -0.491 e. The van der Waals surface area contributed by atoms with Gasteiger partial charge in [-0.2, -0.15) is 0 Å². The van der Waals surface area contributed by atoms with Gasteiger partial charge in [-0.1, -0.05) is 12.1 Å². The van der Waals surface area contributed by atoms with Crippen molar-refractivity contribution in [1.29, 1.82) is 0 Å². The monoisotopic (exact) mass is 405 g/mol. The molecular weight excluding hydrogens is 382 g/mol. The third kappa shape index (κ3) is 4.29. The normalized spacial score (nSPS) is 14.7. The molecule has 4 rings (SSSR count). The van der Waals surface area contributed by atoms with E-state index in [0.29, 0.717) is 18.2 Å². The van der Waals surface area contributed by atoms with Gasteiger partial charge in [0.2, 0.25) is 0 Å². The average molecular weight is 406 g/mol. The molecule has 3 heterocycles. The van der Waals surface area contributed by atoms with Crippen LogP contribution in [0.15, 0.2) is 41.8 Å². The molecule has 1 aliphatic rings. The Morgan fingerprint density at radius 3 is 2.85 bits per heavy atom. The first-order chi connectivity index (χ1) is 12.7. The standard InChI is InChI=1S/C20H23N3O2S.ClH/c1-23-16-8-11-26-19(16)12-17(23)20(24)22-15-4-2-3-5-18(15)25-13-14-6-9-21-10-7-14;/h2-5,8,11-12,14,21H,6-7,9-10,13H2,1H3,(H,22,24);1H. The van der Waals surface area contributed by atoms with E-state index in [1.54, 1.807) is 11.3 Å². The summed E-state index contributed by atoms with van der Waals surface area (Å²) in [5.74, 6) is 1.18. The van der Waals surface area contributed by atoms with Gasteiger partial charge in [-0.15, -0.1) is 23.7 Å². The van der Waals surface area contributed by atoms with E-state index >= 15 is 0 Å². The first-order valence-electron chi connectivity index (χ1n) is 8.99. The Labute approximate surface area is 169 Å². The Morgan fingerprint density at radius 1 is 1.30 bits per heavy atom. The first-order valence-corrected chi connectivity index (χ1v) is 9.87. The van der Waals surface area contributed by atoms with Crippen molar-refractivity contribution in [3.8, 4) is 5.75 Å². The molecule has 144 valence electrons. The van der Waals surface area contributed by atoms with Gasteiger partial charge < -0.3 is 19.9 Å². The number of carbonyl (C=O) groups is 1. The summed E-state index contributed by atoms with van der Waals surface area (Å²) in [7, 11) is 1.92. The fourth-order valence-electron chi connectivity index (χ4n) is 3.41. The summed E-state index contributed by atoms with van der Waals surface area (Å²) >= 11 is 1.64. The number of rotatable bonds is 5. The van der Waals surface area contributed by atoms with Gasteiger partial charge in [-0.3, -0.25) is 4.79 Å². The van der Waals surface area contributed by atoms with Crippen LogP contribution in [0.4, 0.5) is 5.69 Å². The number of amides is 1. The summed E-state index contributed by atoms with van der Waals surface area (Å²) in [5, 5.41) is 8.42.